The quantitative estimate of drug-likeness (QED) is 0.641. The Bertz CT molecular complexity index is 458. The summed E-state index contributed by atoms with van der Waals surface area (Å²) in [6.45, 7) is 1.90. The van der Waals surface area contributed by atoms with Gasteiger partial charge in [0, 0.05) is 6.42 Å². The Hall–Kier alpha value is -1.53. The van der Waals surface area contributed by atoms with Crippen molar-refractivity contribution >= 4 is 24.6 Å². The van der Waals surface area contributed by atoms with E-state index in [1.165, 1.54) is 0 Å². The van der Waals surface area contributed by atoms with Gasteiger partial charge in [0.05, 0.1) is 11.4 Å². The molecule has 5 nitrogen and oxygen atoms in total. The van der Waals surface area contributed by atoms with Crippen molar-refractivity contribution in [3.63, 3.8) is 0 Å². The molecule has 0 aliphatic carbocycles. The molecule has 6 heteroatoms. The van der Waals surface area contributed by atoms with Crippen LogP contribution in [0.15, 0.2) is 30.3 Å². The van der Waals surface area contributed by atoms with E-state index in [-0.39, 0.29) is 19.4 Å². The third kappa shape index (κ3) is 5.22. The summed E-state index contributed by atoms with van der Waals surface area (Å²) in [7, 11) is 0. The third-order valence-corrected chi connectivity index (χ3v) is 3.24. The van der Waals surface area contributed by atoms with Crippen molar-refractivity contribution in [1.82, 2.24) is 0 Å². The first-order valence-corrected chi connectivity index (χ1v) is 6.62. The van der Waals surface area contributed by atoms with Crippen LogP contribution >= 0.6 is 12.6 Å². The van der Waals surface area contributed by atoms with Crippen molar-refractivity contribution in [1.29, 1.82) is 0 Å². The Kier molecular flexibility index (Phi) is 6.04. The third-order valence-electron chi connectivity index (χ3n) is 2.86. The number of benzene rings is 1. The van der Waals surface area contributed by atoms with E-state index in [1.54, 1.807) is 0 Å². The fraction of sp³-hybridized carbons (Fsp3) is 0.429. The van der Waals surface area contributed by atoms with Gasteiger partial charge in [-0.1, -0.05) is 30.3 Å². The Morgan fingerprint density at radius 2 is 1.90 bits per heavy atom. The number of hydrogen-bond donors (Lipinski definition) is 3. The highest BCUT2D eigenvalue weighted by atomic mass is 32.1. The number of thiol groups is 1. The molecule has 0 aromatic heterocycles. The first-order chi connectivity index (χ1) is 9.33. The maximum Gasteiger partial charge on any atom is 0.332 e. The molecule has 110 valence electrons. The van der Waals surface area contributed by atoms with Gasteiger partial charge in [0.1, 0.15) is 0 Å². The smallest absolute Gasteiger partial charge is 0.332 e. The van der Waals surface area contributed by atoms with E-state index in [9.17, 15) is 9.59 Å². The minimum Gasteiger partial charge on any atom is -0.481 e. The van der Waals surface area contributed by atoms with Gasteiger partial charge in [-0.15, -0.1) is 0 Å². The molecule has 1 aromatic carbocycles. The van der Waals surface area contributed by atoms with E-state index in [1.807, 2.05) is 37.3 Å². The van der Waals surface area contributed by atoms with Crippen LogP contribution < -0.4 is 0 Å². The molecule has 0 bridgehead atoms. The van der Waals surface area contributed by atoms with Crippen LogP contribution in [-0.2, 0) is 19.1 Å². The second-order valence-corrected chi connectivity index (χ2v) is 5.70. The molecule has 0 radical (unpaired) electrons. The largest absolute Gasteiger partial charge is 0.481 e. The van der Waals surface area contributed by atoms with Crippen molar-refractivity contribution < 1.29 is 24.5 Å². The predicted octanol–water partition coefficient (Wildman–Crippen LogP) is 2.17. The van der Waals surface area contributed by atoms with E-state index < -0.39 is 22.8 Å². The van der Waals surface area contributed by atoms with Crippen LogP contribution in [0.5, 0.6) is 0 Å². The fourth-order valence-corrected chi connectivity index (χ4v) is 1.90. The van der Waals surface area contributed by atoms with Crippen LogP contribution in [0, 0.1) is 0 Å². The molecule has 0 saturated carbocycles. The molecular formula is C14H18O5S. The number of carboxylic acids is 2. The number of aliphatic carboxylic acids is 2. The number of carbonyl (C=O) groups is 2. The molecule has 2 atom stereocenters. The molecule has 2 unspecified atom stereocenters. The SMILES string of the molecule is CC(S)(COC(CCC(=O)O)C(=O)O)c1ccccc1. The summed E-state index contributed by atoms with van der Waals surface area (Å²) in [5.74, 6) is -2.21. The van der Waals surface area contributed by atoms with Crippen LogP contribution in [0.1, 0.15) is 25.3 Å². The Morgan fingerprint density at radius 3 is 2.40 bits per heavy atom. The molecule has 0 fully saturated rings. The van der Waals surface area contributed by atoms with E-state index in [0.29, 0.717) is 0 Å². The summed E-state index contributed by atoms with van der Waals surface area (Å²) >= 11 is 4.49. The van der Waals surface area contributed by atoms with Crippen LogP contribution in [-0.4, -0.2) is 34.9 Å². The van der Waals surface area contributed by atoms with Crippen LogP contribution in [0.25, 0.3) is 0 Å². The Labute approximate surface area is 123 Å². The molecule has 20 heavy (non-hydrogen) atoms. The summed E-state index contributed by atoms with van der Waals surface area (Å²) in [5, 5.41) is 17.6. The molecule has 0 amide bonds. The zero-order valence-electron chi connectivity index (χ0n) is 11.2. The van der Waals surface area contributed by atoms with Gasteiger partial charge in [-0.2, -0.15) is 12.6 Å². The average molecular weight is 298 g/mol. The average Bonchev–Trinajstić information content (AvgIpc) is 2.39. The van der Waals surface area contributed by atoms with Crippen LogP contribution in [0.2, 0.25) is 0 Å². The standard InChI is InChI=1S/C14H18O5S/c1-14(20,10-5-3-2-4-6-10)9-19-11(13(17)18)7-8-12(15)16/h2-6,11,20H,7-9H2,1H3,(H,15,16)(H,17,18). The van der Waals surface area contributed by atoms with Crippen molar-refractivity contribution in [2.75, 3.05) is 6.61 Å². The summed E-state index contributed by atoms with van der Waals surface area (Å²) in [5.41, 5.74) is 0.908. The minimum absolute atomic E-state index is 0.0662. The number of ether oxygens (including phenoxy) is 1. The lowest BCUT2D eigenvalue weighted by Gasteiger charge is -2.26. The van der Waals surface area contributed by atoms with E-state index in [2.05, 4.69) is 12.6 Å². The summed E-state index contributed by atoms with van der Waals surface area (Å²) in [6.07, 6.45) is -1.45. The monoisotopic (exact) mass is 298 g/mol. The summed E-state index contributed by atoms with van der Waals surface area (Å²) in [6, 6.07) is 9.36. The van der Waals surface area contributed by atoms with Crippen molar-refractivity contribution in [3.05, 3.63) is 35.9 Å². The Morgan fingerprint density at radius 1 is 1.30 bits per heavy atom. The van der Waals surface area contributed by atoms with Gasteiger partial charge in [-0.3, -0.25) is 4.79 Å². The van der Waals surface area contributed by atoms with Gasteiger partial charge in [-0.25, -0.2) is 4.79 Å². The minimum atomic E-state index is -1.16. The van der Waals surface area contributed by atoms with Gasteiger partial charge in [0.15, 0.2) is 6.10 Å². The van der Waals surface area contributed by atoms with E-state index in [4.69, 9.17) is 14.9 Å². The summed E-state index contributed by atoms with van der Waals surface area (Å²) < 4.78 is 4.69. The predicted molar refractivity (Wildman–Crippen MR) is 77.0 cm³/mol. The maximum absolute atomic E-state index is 11.0. The van der Waals surface area contributed by atoms with Crippen molar-refractivity contribution in [3.8, 4) is 0 Å². The van der Waals surface area contributed by atoms with Gasteiger partial charge in [0.25, 0.3) is 0 Å². The highest BCUT2D eigenvalue weighted by Crippen LogP contribution is 2.28. The van der Waals surface area contributed by atoms with Gasteiger partial charge >= 0.3 is 11.9 Å². The molecule has 1 aromatic rings. The molecule has 1 rings (SSSR count). The number of carboxylic acid groups (broad SMARTS) is 2. The van der Waals surface area contributed by atoms with Crippen molar-refractivity contribution in [2.24, 2.45) is 0 Å². The zero-order valence-corrected chi connectivity index (χ0v) is 12.0. The molecular weight excluding hydrogens is 280 g/mol. The van der Waals surface area contributed by atoms with Gasteiger partial charge < -0.3 is 14.9 Å². The summed E-state index contributed by atoms with van der Waals surface area (Å²) in [4.78, 5) is 21.5. The maximum atomic E-state index is 11.0. The lowest BCUT2D eigenvalue weighted by Crippen LogP contribution is -2.31. The molecule has 0 spiro atoms. The highest BCUT2D eigenvalue weighted by Gasteiger charge is 2.26. The molecule has 0 heterocycles. The van der Waals surface area contributed by atoms with Crippen LogP contribution in [0.3, 0.4) is 0 Å². The molecule has 0 aliphatic heterocycles. The zero-order chi connectivity index (χ0) is 15.2. The second kappa shape index (κ2) is 7.31. The van der Waals surface area contributed by atoms with E-state index >= 15 is 0 Å². The number of rotatable bonds is 8. The lowest BCUT2D eigenvalue weighted by atomic mass is 10.0. The highest BCUT2D eigenvalue weighted by molar-refractivity contribution is 7.81. The normalized spacial score (nSPS) is 15.3. The fourth-order valence-electron chi connectivity index (χ4n) is 1.68. The Balaban J connectivity index is 2.62. The van der Waals surface area contributed by atoms with Crippen LogP contribution in [0.4, 0.5) is 0 Å². The lowest BCUT2D eigenvalue weighted by molar-refractivity contribution is -0.152. The first kappa shape index (κ1) is 16.5. The molecule has 0 saturated heterocycles. The first-order valence-electron chi connectivity index (χ1n) is 6.17. The molecule has 2 N–H and O–H groups in total. The number of hydrogen-bond acceptors (Lipinski definition) is 4. The molecule has 0 aliphatic rings. The van der Waals surface area contributed by atoms with Gasteiger partial charge in [-0.05, 0) is 18.9 Å². The topological polar surface area (TPSA) is 83.8 Å². The second-order valence-electron chi connectivity index (χ2n) is 4.71. The van der Waals surface area contributed by atoms with Crippen molar-refractivity contribution in [2.45, 2.75) is 30.6 Å². The van der Waals surface area contributed by atoms with Gasteiger partial charge in [0.2, 0.25) is 0 Å². The van der Waals surface area contributed by atoms with E-state index in [0.717, 1.165) is 5.56 Å².